The number of fused-ring (bicyclic) bond motifs is 1. The molecule has 1 aromatic rings. The van der Waals surface area contributed by atoms with E-state index >= 15 is 0 Å². The van der Waals surface area contributed by atoms with Crippen LogP contribution < -0.4 is 10.6 Å². The van der Waals surface area contributed by atoms with Gasteiger partial charge in [0, 0.05) is 24.3 Å². The Labute approximate surface area is 119 Å². The first-order valence-electron chi connectivity index (χ1n) is 7.50. The van der Waals surface area contributed by atoms with Gasteiger partial charge in [-0.2, -0.15) is 0 Å². The molecule has 0 saturated carbocycles. The van der Waals surface area contributed by atoms with Crippen molar-refractivity contribution in [2.45, 2.75) is 38.3 Å². The molecule has 1 saturated heterocycles. The number of nitrogens with zero attached hydrogens (tertiary/aromatic N) is 2. The van der Waals surface area contributed by atoms with E-state index in [1.54, 1.807) is 0 Å². The van der Waals surface area contributed by atoms with Crippen molar-refractivity contribution in [2.24, 2.45) is 5.73 Å². The Morgan fingerprint density at radius 1 is 1.40 bits per heavy atom. The van der Waals surface area contributed by atoms with Gasteiger partial charge in [-0.15, -0.1) is 0 Å². The predicted octanol–water partition coefficient (Wildman–Crippen LogP) is 0.617. The minimum Gasteiger partial charge on any atom is -0.394 e. The lowest BCUT2D eigenvalue weighted by Gasteiger charge is -2.37. The van der Waals surface area contributed by atoms with Gasteiger partial charge in [-0.05, 0) is 37.3 Å². The average Bonchev–Trinajstić information content (AvgIpc) is 2.53. The Kier molecular flexibility index (Phi) is 4.19. The van der Waals surface area contributed by atoms with Crippen LogP contribution in [-0.4, -0.2) is 42.5 Å². The number of pyridine rings is 1. The van der Waals surface area contributed by atoms with E-state index in [0.717, 1.165) is 30.8 Å². The maximum absolute atomic E-state index is 9.54. The van der Waals surface area contributed by atoms with Crippen LogP contribution in [0.25, 0.3) is 0 Å². The Bertz CT molecular complexity index is 478. The molecule has 1 atom stereocenters. The second kappa shape index (κ2) is 6.08. The molecule has 1 aliphatic heterocycles. The van der Waals surface area contributed by atoms with Gasteiger partial charge in [0.15, 0.2) is 0 Å². The molecule has 1 fully saturated rings. The van der Waals surface area contributed by atoms with Crippen molar-refractivity contribution >= 4 is 5.82 Å². The molecular formula is C15H23N3O2. The highest BCUT2D eigenvalue weighted by Crippen LogP contribution is 2.28. The maximum Gasteiger partial charge on any atom is 0.133 e. The van der Waals surface area contributed by atoms with E-state index < -0.39 is 0 Å². The number of aliphatic hydroxyl groups excluding tert-OH is 1. The van der Waals surface area contributed by atoms with E-state index in [9.17, 15) is 5.11 Å². The molecule has 20 heavy (non-hydrogen) atoms. The number of rotatable bonds is 3. The Balaban J connectivity index is 1.98. The summed E-state index contributed by atoms with van der Waals surface area (Å²) in [6, 6.07) is 2.21. The summed E-state index contributed by atoms with van der Waals surface area (Å²) in [7, 11) is 0. The van der Waals surface area contributed by atoms with Crippen molar-refractivity contribution in [2.75, 3.05) is 31.3 Å². The number of aryl methyl sites for hydroxylation is 2. The topological polar surface area (TPSA) is 71.6 Å². The van der Waals surface area contributed by atoms with Crippen LogP contribution in [0.2, 0.25) is 0 Å². The van der Waals surface area contributed by atoms with Gasteiger partial charge in [-0.3, -0.25) is 0 Å². The van der Waals surface area contributed by atoms with Crippen LogP contribution in [0.4, 0.5) is 5.82 Å². The van der Waals surface area contributed by atoms with Crippen molar-refractivity contribution in [3.05, 3.63) is 22.9 Å². The van der Waals surface area contributed by atoms with Crippen LogP contribution in [0.5, 0.6) is 0 Å². The van der Waals surface area contributed by atoms with Gasteiger partial charge in [0.25, 0.3) is 0 Å². The van der Waals surface area contributed by atoms with Crippen molar-refractivity contribution in [1.82, 2.24) is 4.98 Å². The molecule has 0 bridgehead atoms. The smallest absolute Gasteiger partial charge is 0.133 e. The highest BCUT2D eigenvalue weighted by Gasteiger charge is 2.26. The zero-order chi connectivity index (χ0) is 13.9. The number of aliphatic hydroxyl groups is 1. The van der Waals surface area contributed by atoms with Crippen LogP contribution in [0, 0.1) is 0 Å². The van der Waals surface area contributed by atoms with Crippen LogP contribution in [-0.2, 0) is 24.1 Å². The molecule has 0 radical (unpaired) electrons. The monoisotopic (exact) mass is 277 g/mol. The normalized spacial score (nSPS) is 22.7. The van der Waals surface area contributed by atoms with Crippen molar-refractivity contribution in [1.29, 1.82) is 0 Å². The van der Waals surface area contributed by atoms with E-state index in [0.29, 0.717) is 19.8 Å². The molecule has 2 aliphatic rings. The summed E-state index contributed by atoms with van der Waals surface area (Å²) < 4.78 is 5.45. The molecule has 5 nitrogen and oxygen atoms in total. The zero-order valence-corrected chi connectivity index (χ0v) is 11.8. The highest BCUT2D eigenvalue weighted by atomic mass is 16.5. The Hall–Kier alpha value is -1.17. The lowest BCUT2D eigenvalue weighted by Crippen LogP contribution is -2.48. The van der Waals surface area contributed by atoms with E-state index in [2.05, 4.69) is 11.0 Å². The lowest BCUT2D eigenvalue weighted by atomic mass is 9.94. The Morgan fingerprint density at radius 3 is 3.05 bits per heavy atom. The van der Waals surface area contributed by atoms with Crippen molar-refractivity contribution < 1.29 is 9.84 Å². The SMILES string of the molecule is NCc1cc2c(nc1N1CCOCC1CO)CCCC2. The zero-order valence-electron chi connectivity index (χ0n) is 11.8. The quantitative estimate of drug-likeness (QED) is 0.847. The number of ether oxygens (including phenoxy) is 1. The summed E-state index contributed by atoms with van der Waals surface area (Å²) in [5, 5.41) is 9.54. The van der Waals surface area contributed by atoms with Crippen LogP contribution in [0.3, 0.4) is 0 Å². The fraction of sp³-hybridized carbons (Fsp3) is 0.667. The van der Waals surface area contributed by atoms with Gasteiger partial charge in [0.05, 0.1) is 25.9 Å². The summed E-state index contributed by atoms with van der Waals surface area (Å²) in [6.45, 7) is 2.58. The molecule has 0 spiro atoms. The lowest BCUT2D eigenvalue weighted by molar-refractivity contribution is 0.0721. The van der Waals surface area contributed by atoms with Crippen molar-refractivity contribution in [3.8, 4) is 0 Å². The average molecular weight is 277 g/mol. The number of hydrogen-bond donors (Lipinski definition) is 2. The molecule has 1 unspecified atom stereocenters. The summed E-state index contributed by atoms with van der Waals surface area (Å²) in [6.07, 6.45) is 4.63. The first kappa shape index (κ1) is 13.8. The van der Waals surface area contributed by atoms with E-state index in [4.69, 9.17) is 15.5 Å². The first-order chi connectivity index (χ1) is 9.83. The fourth-order valence-corrected chi connectivity index (χ4v) is 3.15. The molecule has 1 aromatic heterocycles. The van der Waals surface area contributed by atoms with E-state index in [1.165, 1.54) is 24.1 Å². The molecule has 3 N–H and O–H groups in total. The van der Waals surface area contributed by atoms with Crippen LogP contribution >= 0.6 is 0 Å². The van der Waals surface area contributed by atoms with Gasteiger partial charge < -0.3 is 20.5 Å². The second-order valence-corrected chi connectivity index (χ2v) is 5.59. The molecule has 0 aromatic carbocycles. The molecule has 5 heteroatoms. The van der Waals surface area contributed by atoms with Crippen molar-refractivity contribution in [3.63, 3.8) is 0 Å². The second-order valence-electron chi connectivity index (χ2n) is 5.59. The maximum atomic E-state index is 9.54. The predicted molar refractivity (Wildman–Crippen MR) is 77.8 cm³/mol. The minimum absolute atomic E-state index is 0.0109. The number of hydrogen-bond acceptors (Lipinski definition) is 5. The van der Waals surface area contributed by atoms with Gasteiger partial charge in [-0.25, -0.2) is 4.98 Å². The fourth-order valence-electron chi connectivity index (χ4n) is 3.15. The van der Waals surface area contributed by atoms with E-state index in [1.807, 2.05) is 0 Å². The number of aromatic nitrogens is 1. The summed E-state index contributed by atoms with van der Waals surface area (Å²) in [4.78, 5) is 7.05. The third-order valence-corrected chi connectivity index (χ3v) is 4.29. The largest absolute Gasteiger partial charge is 0.394 e. The molecule has 1 aliphatic carbocycles. The summed E-state index contributed by atoms with van der Waals surface area (Å²) in [5.74, 6) is 0.954. The summed E-state index contributed by atoms with van der Waals surface area (Å²) >= 11 is 0. The first-order valence-corrected chi connectivity index (χ1v) is 7.50. The van der Waals surface area contributed by atoms with Gasteiger partial charge in [0.1, 0.15) is 5.82 Å². The standard InChI is InChI=1S/C15H23N3O2/c16-8-12-7-11-3-1-2-4-14(11)17-15(12)18-5-6-20-10-13(18)9-19/h7,13,19H,1-6,8-10,16H2. The van der Waals surface area contributed by atoms with Crippen LogP contribution in [0.15, 0.2) is 6.07 Å². The van der Waals surface area contributed by atoms with Gasteiger partial charge in [-0.1, -0.05) is 0 Å². The Morgan fingerprint density at radius 2 is 2.25 bits per heavy atom. The molecule has 0 amide bonds. The molecule has 110 valence electrons. The van der Waals surface area contributed by atoms with Gasteiger partial charge in [0.2, 0.25) is 0 Å². The third-order valence-electron chi connectivity index (χ3n) is 4.29. The third kappa shape index (κ3) is 2.53. The molecule has 2 heterocycles. The summed E-state index contributed by atoms with van der Waals surface area (Å²) in [5.41, 5.74) is 9.58. The molecular weight excluding hydrogens is 254 g/mol. The number of morpholine rings is 1. The van der Waals surface area contributed by atoms with Crippen LogP contribution in [0.1, 0.15) is 29.7 Å². The van der Waals surface area contributed by atoms with Gasteiger partial charge >= 0.3 is 0 Å². The number of anilines is 1. The molecule has 3 rings (SSSR count). The minimum atomic E-state index is -0.0109. The highest BCUT2D eigenvalue weighted by molar-refractivity contribution is 5.51. The van der Waals surface area contributed by atoms with E-state index in [-0.39, 0.29) is 12.6 Å². The number of nitrogens with two attached hydrogens (primary N) is 1.